The molecule has 0 bridgehead atoms. The van der Waals surface area contributed by atoms with Crippen LogP contribution in [-0.4, -0.2) is 69.1 Å². The van der Waals surface area contributed by atoms with Crippen molar-refractivity contribution in [2.45, 2.75) is 77.6 Å². The van der Waals surface area contributed by atoms with Crippen LogP contribution in [0, 0.1) is 13.8 Å². The molecule has 1 amide bonds. The molecule has 11 nitrogen and oxygen atoms in total. The number of pyridine rings is 1. The number of fused-ring (bicyclic) bond motifs is 1. The van der Waals surface area contributed by atoms with Crippen LogP contribution in [0.3, 0.4) is 0 Å². The summed E-state index contributed by atoms with van der Waals surface area (Å²) >= 11 is 3.53. The van der Waals surface area contributed by atoms with Crippen LogP contribution in [0.15, 0.2) is 58.3 Å². The van der Waals surface area contributed by atoms with Gasteiger partial charge < -0.3 is 15.0 Å². The summed E-state index contributed by atoms with van der Waals surface area (Å²) in [7, 11) is -3.88. The van der Waals surface area contributed by atoms with Crippen LogP contribution < -0.4 is 10.2 Å². The second kappa shape index (κ2) is 12.0. The quantitative estimate of drug-likeness (QED) is 0.265. The van der Waals surface area contributed by atoms with Gasteiger partial charge in [-0.3, -0.25) is 4.90 Å². The molecule has 3 aromatic heterocycles. The second-order valence-electron chi connectivity index (χ2n) is 12.3. The van der Waals surface area contributed by atoms with E-state index in [9.17, 15) is 13.2 Å². The summed E-state index contributed by atoms with van der Waals surface area (Å²) in [6.07, 6.45) is 2.55. The first-order chi connectivity index (χ1) is 20.7. The van der Waals surface area contributed by atoms with E-state index in [-0.39, 0.29) is 28.7 Å². The minimum Gasteiger partial charge on any atom is -0.444 e. The molecule has 5 rings (SSSR count). The highest BCUT2D eigenvalue weighted by atomic mass is 79.9. The van der Waals surface area contributed by atoms with Crippen LogP contribution in [0.25, 0.3) is 11.0 Å². The van der Waals surface area contributed by atoms with E-state index in [0.717, 1.165) is 22.6 Å². The van der Waals surface area contributed by atoms with Crippen molar-refractivity contribution in [3.8, 4) is 0 Å². The van der Waals surface area contributed by atoms with E-state index >= 15 is 0 Å². The zero-order valence-electron chi connectivity index (χ0n) is 26.0. The van der Waals surface area contributed by atoms with E-state index < -0.39 is 15.6 Å². The number of carbonyl (C=O) groups excluding carboxylic acids is 1. The Morgan fingerprint density at radius 1 is 1.05 bits per heavy atom. The number of carbonyl (C=O) groups is 1. The predicted octanol–water partition coefficient (Wildman–Crippen LogP) is 5.89. The molecule has 13 heteroatoms. The van der Waals surface area contributed by atoms with E-state index in [0.29, 0.717) is 35.3 Å². The number of aryl methyl sites for hydroxylation is 2. The largest absolute Gasteiger partial charge is 0.444 e. The van der Waals surface area contributed by atoms with Crippen molar-refractivity contribution in [3.05, 3.63) is 70.2 Å². The lowest BCUT2D eigenvalue weighted by molar-refractivity contribution is 0.00559. The number of hydrogen-bond acceptors (Lipinski definition) is 9. The number of nitrogens with zero attached hydrogens (tertiary/aromatic N) is 6. The number of hydrogen-bond donors (Lipinski definition) is 1. The lowest BCUT2D eigenvalue weighted by Crippen LogP contribution is -2.59. The van der Waals surface area contributed by atoms with Crippen molar-refractivity contribution in [1.29, 1.82) is 0 Å². The molecular weight excluding hydrogens is 646 g/mol. The number of benzene rings is 1. The predicted molar refractivity (Wildman–Crippen MR) is 175 cm³/mol. The van der Waals surface area contributed by atoms with Gasteiger partial charge in [-0.15, -0.1) is 0 Å². The van der Waals surface area contributed by atoms with Gasteiger partial charge in [0.2, 0.25) is 0 Å². The average Bonchev–Trinajstić information content (AvgIpc) is 3.29. The molecule has 2 atom stereocenters. The normalized spacial score (nSPS) is 17.6. The molecule has 1 aliphatic heterocycles. The molecule has 0 aliphatic carbocycles. The van der Waals surface area contributed by atoms with Crippen molar-refractivity contribution in [3.63, 3.8) is 0 Å². The summed E-state index contributed by atoms with van der Waals surface area (Å²) in [5, 5.41) is 3.90. The summed E-state index contributed by atoms with van der Waals surface area (Å²) in [5.74, 6) is 1.30. The fourth-order valence-corrected chi connectivity index (χ4v) is 7.42. The highest BCUT2D eigenvalue weighted by Gasteiger charge is 2.36. The van der Waals surface area contributed by atoms with Gasteiger partial charge in [0.1, 0.15) is 23.6 Å². The fourth-order valence-electron chi connectivity index (χ4n) is 5.40. The fraction of sp³-hybridized carbons (Fsp3) is 0.419. The zero-order valence-corrected chi connectivity index (χ0v) is 28.4. The van der Waals surface area contributed by atoms with E-state index in [4.69, 9.17) is 9.72 Å². The third kappa shape index (κ3) is 6.39. The lowest BCUT2D eigenvalue weighted by Gasteiger charge is -2.45. The van der Waals surface area contributed by atoms with E-state index in [2.05, 4.69) is 36.1 Å². The third-order valence-electron chi connectivity index (χ3n) is 7.54. The minimum atomic E-state index is -3.88. The molecular formula is C31H38BrN7O4S. The Bertz CT molecular complexity index is 1790. The first kappa shape index (κ1) is 31.7. The summed E-state index contributed by atoms with van der Waals surface area (Å²) in [5.41, 5.74) is 2.50. The molecule has 1 saturated heterocycles. The van der Waals surface area contributed by atoms with E-state index in [1.54, 1.807) is 24.3 Å². The van der Waals surface area contributed by atoms with Gasteiger partial charge in [-0.1, -0.05) is 23.8 Å². The maximum absolute atomic E-state index is 13.5. The smallest absolute Gasteiger partial charge is 0.410 e. The molecule has 44 heavy (non-hydrogen) atoms. The molecule has 1 aromatic carbocycles. The third-order valence-corrected chi connectivity index (χ3v) is 9.81. The van der Waals surface area contributed by atoms with Gasteiger partial charge >= 0.3 is 6.09 Å². The Hall–Kier alpha value is -3.71. The molecule has 0 radical (unpaired) electrons. The number of piperazine rings is 1. The first-order valence-electron chi connectivity index (χ1n) is 14.5. The van der Waals surface area contributed by atoms with Crippen LogP contribution in [0.5, 0.6) is 0 Å². The van der Waals surface area contributed by atoms with Crippen LogP contribution in [0.4, 0.5) is 16.4 Å². The number of anilines is 2. The van der Waals surface area contributed by atoms with Gasteiger partial charge in [-0.25, -0.2) is 32.1 Å². The zero-order chi connectivity index (χ0) is 32.0. The maximum Gasteiger partial charge on any atom is 0.410 e. The van der Waals surface area contributed by atoms with Gasteiger partial charge in [0.25, 0.3) is 10.0 Å². The van der Waals surface area contributed by atoms with Gasteiger partial charge in [-0.2, -0.15) is 0 Å². The van der Waals surface area contributed by atoms with Crippen molar-refractivity contribution in [2.75, 3.05) is 23.3 Å². The Balaban J connectivity index is 1.36. The number of ether oxygens (including phenoxy) is 1. The van der Waals surface area contributed by atoms with Crippen LogP contribution in [-0.2, 0) is 21.3 Å². The number of rotatable bonds is 6. The molecule has 0 saturated carbocycles. The van der Waals surface area contributed by atoms with Gasteiger partial charge in [0.05, 0.1) is 34.6 Å². The van der Waals surface area contributed by atoms with Crippen molar-refractivity contribution < 1.29 is 17.9 Å². The highest BCUT2D eigenvalue weighted by Crippen LogP contribution is 2.33. The van der Waals surface area contributed by atoms with E-state index in [1.165, 1.54) is 16.5 Å². The molecule has 4 aromatic rings. The number of nitrogens with one attached hydrogen (secondary N) is 1. The van der Waals surface area contributed by atoms with Crippen molar-refractivity contribution in [2.24, 2.45) is 0 Å². The summed E-state index contributed by atoms with van der Waals surface area (Å²) in [6, 6.07) is 10.6. The standard InChI is InChI=1S/C31H38BrN7O4S/c1-19-8-11-23(12-9-19)44(41,42)38-17-24(32)27-28(34-18-35-29(27)38)33-14-25-20(2)10-13-26(36-25)37-15-21(3)39(22(4)16-37)30(40)43-31(5,6)7/h8-13,17-18,21-22H,14-16H2,1-7H3,(H,33,34,35)/t21-,22+. The van der Waals surface area contributed by atoms with Crippen LogP contribution in [0.2, 0.25) is 0 Å². The Kier molecular flexibility index (Phi) is 8.65. The average molecular weight is 685 g/mol. The molecule has 0 unspecified atom stereocenters. The van der Waals surface area contributed by atoms with Gasteiger partial charge in [0, 0.05) is 23.8 Å². The Labute approximate surface area is 266 Å². The molecule has 1 N–H and O–H groups in total. The molecule has 1 aliphatic rings. The monoisotopic (exact) mass is 683 g/mol. The minimum absolute atomic E-state index is 0.0647. The number of amides is 1. The number of halogens is 1. The van der Waals surface area contributed by atoms with Crippen LogP contribution in [0.1, 0.15) is 51.4 Å². The van der Waals surface area contributed by atoms with Crippen LogP contribution >= 0.6 is 15.9 Å². The van der Waals surface area contributed by atoms with Gasteiger partial charge in [0.15, 0.2) is 5.65 Å². The molecule has 1 fully saturated rings. The molecule has 234 valence electrons. The van der Waals surface area contributed by atoms with Crippen molar-refractivity contribution in [1.82, 2.24) is 23.8 Å². The second-order valence-corrected chi connectivity index (χ2v) is 15.0. The summed E-state index contributed by atoms with van der Waals surface area (Å²) in [4.78, 5) is 30.8. The van der Waals surface area contributed by atoms with Crippen molar-refractivity contribution >= 4 is 54.7 Å². The van der Waals surface area contributed by atoms with E-state index in [1.807, 2.05) is 65.5 Å². The summed E-state index contributed by atoms with van der Waals surface area (Å²) in [6.45, 7) is 15.2. The lowest BCUT2D eigenvalue weighted by atomic mass is 10.1. The topological polar surface area (TPSA) is 123 Å². The van der Waals surface area contributed by atoms with Gasteiger partial charge in [-0.05, 0) is 88.2 Å². The molecule has 4 heterocycles. The number of aromatic nitrogens is 4. The highest BCUT2D eigenvalue weighted by molar-refractivity contribution is 9.10. The Morgan fingerprint density at radius 3 is 2.34 bits per heavy atom. The maximum atomic E-state index is 13.5. The first-order valence-corrected chi connectivity index (χ1v) is 16.7. The molecule has 0 spiro atoms. The Morgan fingerprint density at radius 2 is 1.70 bits per heavy atom. The summed E-state index contributed by atoms with van der Waals surface area (Å²) < 4.78 is 34.3. The SMILES string of the molecule is Cc1ccc(S(=O)(=O)n2cc(Br)c3c(NCc4nc(N5C[C@@H](C)N(C(=O)OC(C)(C)C)[C@@H](C)C5)ccc4C)ncnc32)cc1.